The Morgan fingerprint density at radius 1 is 1.37 bits per heavy atom. The molecule has 5 nitrogen and oxygen atoms in total. The highest BCUT2D eigenvalue weighted by Gasteiger charge is 2.35. The number of hydrogen-bond acceptors (Lipinski definition) is 3. The molecule has 19 heavy (non-hydrogen) atoms. The summed E-state index contributed by atoms with van der Waals surface area (Å²) in [5.41, 5.74) is 1.06. The van der Waals surface area contributed by atoms with Crippen molar-refractivity contribution < 1.29 is 14.6 Å². The number of likely N-dealkylation sites (N-methyl/N-ethyl adjacent to an activating group) is 1. The lowest BCUT2D eigenvalue weighted by Crippen LogP contribution is -2.33. The Labute approximate surface area is 113 Å². The van der Waals surface area contributed by atoms with E-state index in [0.29, 0.717) is 19.7 Å². The van der Waals surface area contributed by atoms with Gasteiger partial charge in [0, 0.05) is 20.1 Å². The number of hydrogen-bond donors (Lipinski definition) is 1. The summed E-state index contributed by atoms with van der Waals surface area (Å²) >= 11 is 0. The SMILES string of the molecule is CCOc1ccc(C2CN(C)C(=O)N2CCO)cc1. The molecule has 0 bridgehead atoms. The van der Waals surface area contributed by atoms with Gasteiger partial charge in [0.05, 0.1) is 19.3 Å². The lowest BCUT2D eigenvalue weighted by molar-refractivity contribution is 0.171. The Balaban J connectivity index is 2.17. The fourth-order valence-electron chi connectivity index (χ4n) is 2.39. The molecule has 0 saturated carbocycles. The summed E-state index contributed by atoms with van der Waals surface area (Å²) in [5.74, 6) is 0.831. The van der Waals surface area contributed by atoms with Crippen molar-refractivity contribution >= 4 is 6.03 Å². The summed E-state index contributed by atoms with van der Waals surface area (Å²) in [5, 5.41) is 9.08. The van der Waals surface area contributed by atoms with Gasteiger partial charge >= 0.3 is 6.03 Å². The van der Waals surface area contributed by atoms with Crippen LogP contribution in [0.5, 0.6) is 5.75 Å². The average molecular weight is 264 g/mol. The Morgan fingerprint density at radius 2 is 2.05 bits per heavy atom. The van der Waals surface area contributed by atoms with E-state index in [1.54, 1.807) is 16.8 Å². The predicted octanol–water partition coefficient (Wildman–Crippen LogP) is 1.49. The van der Waals surface area contributed by atoms with E-state index >= 15 is 0 Å². The van der Waals surface area contributed by atoms with Crippen LogP contribution in [0.2, 0.25) is 0 Å². The number of benzene rings is 1. The number of ether oxygens (including phenoxy) is 1. The van der Waals surface area contributed by atoms with Crippen molar-refractivity contribution in [2.24, 2.45) is 0 Å². The van der Waals surface area contributed by atoms with Crippen molar-refractivity contribution in [2.45, 2.75) is 13.0 Å². The highest BCUT2D eigenvalue weighted by atomic mass is 16.5. The standard InChI is InChI=1S/C14H20N2O3/c1-3-19-12-6-4-11(5-7-12)13-10-15(2)14(18)16(13)8-9-17/h4-7,13,17H,3,8-10H2,1-2H3. The largest absolute Gasteiger partial charge is 0.494 e. The molecular formula is C14H20N2O3. The molecule has 1 aromatic rings. The maximum Gasteiger partial charge on any atom is 0.320 e. The van der Waals surface area contributed by atoms with E-state index in [2.05, 4.69) is 0 Å². The van der Waals surface area contributed by atoms with Crippen molar-refractivity contribution in [1.29, 1.82) is 0 Å². The maximum atomic E-state index is 12.0. The highest BCUT2D eigenvalue weighted by molar-refractivity contribution is 5.77. The number of nitrogens with zero attached hydrogens (tertiary/aromatic N) is 2. The fraction of sp³-hybridized carbons (Fsp3) is 0.500. The van der Waals surface area contributed by atoms with Crippen molar-refractivity contribution in [2.75, 3.05) is 33.4 Å². The van der Waals surface area contributed by atoms with Crippen LogP contribution in [0.25, 0.3) is 0 Å². The number of aliphatic hydroxyl groups excluding tert-OH is 1. The van der Waals surface area contributed by atoms with Crippen LogP contribution in [0, 0.1) is 0 Å². The van der Waals surface area contributed by atoms with Crippen LogP contribution >= 0.6 is 0 Å². The summed E-state index contributed by atoms with van der Waals surface area (Å²) in [4.78, 5) is 15.3. The van der Waals surface area contributed by atoms with Crippen molar-refractivity contribution in [3.05, 3.63) is 29.8 Å². The molecule has 1 aliphatic rings. The number of carbonyl (C=O) groups excluding carboxylic acids is 1. The summed E-state index contributed by atoms with van der Waals surface area (Å²) in [6.07, 6.45) is 0. The third kappa shape index (κ3) is 2.81. The van der Waals surface area contributed by atoms with Gasteiger partial charge in [-0.1, -0.05) is 12.1 Å². The zero-order chi connectivity index (χ0) is 13.8. The van der Waals surface area contributed by atoms with Gasteiger partial charge in [0.2, 0.25) is 0 Å². The van der Waals surface area contributed by atoms with Crippen LogP contribution in [0.1, 0.15) is 18.5 Å². The minimum atomic E-state index is -0.0343. The van der Waals surface area contributed by atoms with Gasteiger partial charge in [0.25, 0.3) is 0 Å². The first kappa shape index (κ1) is 13.7. The molecule has 104 valence electrons. The zero-order valence-corrected chi connectivity index (χ0v) is 11.4. The Morgan fingerprint density at radius 3 is 2.63 bits per heavy atom. The second-order valence-electron chi connectivity index (χ2n) is 4.60. The molecule has 2 rings (SSSR count). The van der Waals surface area contributed by atoms with E-state index in [1.807, 2.05) is 31.2 Å². The summed E-state index contributed by atoms with van der Waals surface area (Å²) in [6.45, 7) is 3.57. The summed E-state index contributed by atoms with van der Waals surface area (Å²) in [6, 6.07) is 7.75. The van der Waals surface area contributed by atoms with E-state index in [4.69, 9.17) is 9.84 Å². The topological polar surface area (TPSA) is 53.0 Å². The van der Waals surface area contributed by atoms with Crippen LogP contribution in [0.4, 0.5) is 4.79 Å². The average Bonchev–Trinajstić information content (AvgIpc) is 2.69. The van der Waals surface area contributed by atoms with Crippen LogP contribution in [0.15, 0.2) is 24.3 Å². The Hall–Kier alpha value is -1.75. The molecule has 1 heterocycles. The Bertz CT molecular complexity index is 433. The molecule has 1 N–H and O–H groups in total. The van der Waals surface area contributed by atoms with Gasteiger partial charge in [-0.25, -0.2) is 4.79 Å². The number of aliphatic hydroxyl groups is 1. The van der Waals surface area contributed by atoms with Crippen LogP contribution in [0.3, 0.4) is 0 Å². The molecule has 0 radical (unpaired) electrons. The van der Waals surface area contributed by atoms with Gasteiger partial charge in [0.15, 0.2) is 0 Å². The third-order valence-electron chi connectivity index (χ3n) is 3.31. The molecule has 5 heteroatoms. The second kappa shape index (κ2) is 5.93. The Kier molecular flexibility index (Phi) is 4.27. The first-order chi connectivity index (χ1) is 9.17. The molecule has 1 fully saturated rings. The first-order valence-electron chi connectivity index (χ1n) is 6.52. The summed E-state index contributed by atoms with van der Waals surface area (Å²) in [7, 11) is 1.78. The third-order valence-corrected chi connectivity index (χ3v) is 3.31. The summed E-state index contributed by atoms with van der Waals surface area (Å²) < 4.78 is 5.41. The van der Waals surface area contributed by atoms with E-state index in [-0.39, 0.29) is 18.7 Å². The van der Waals surface area contributed by atoms with Gasteiger partial charge in [-0.2, -0.15) is 0 Å². The van der Waals surface area contributed by atoms with Crippen LogP contribution in [-0.4, -0.2) is 54.3 Å². The van der Waals surface area contributed by atoms with Gasteiger partial charge in [-0.05, 0) is 24.6 Å². The van der Waals surface area contributed by atoms with E-state index in [9.17, 15) is 4.79 Å². The number of urea groups is 1. The van der Waals surface area contributed by atoms with E-state index in [1.165, 1.54) is 0 Å². The number of rotatable bonds is 5. The smallest absolute Gasteiger partial charge is 0.320 e. The molecule has 1 unspecified atom stereocenters. The molecule has 1 atom stereocenters. The zero-order valence-electron chi connectivity index (χ0n) is 11.4. The van der Waals surface area contributed by atoms with Crippen molar-refractivity contribution in [1.82, 2.24) is 9.80 Å². The number of amides is 2. The number of β-amino-alcohol motifs (C(OH)–C–C–N with tert-alkyl or cyclic N) is 1. The fourth-order valence-corrected chi connectivity index (χ4v) is 2.39. The molecular weight excluding hydrogens is 244 g/mol. The molecule has 1 aromatic carbocycles. The van der Waals surface area contributed by atoms with Crippen molar-refractivity contribution in [3.8, 4) is 5.75 Å². The molecule has 2 amide bonds. The van der Waals surface area contributed by atoms with Gasteiger partial charge in [-0.3, -0.25) is 0 Å². The van der Waals surface area contributed by atoms with E-state index in [0.717, 1.165) is 11.3 Å². The number of carbonyl (C=O) groups is 1. The molecule has 1 saturated heterocycles. The lowest BCUT2D eigenvalue weighted by Gasteiger charge is -2.22. The van der Waals surface area contributed by atoms with Crippen molar-refractivity contribution in [3.63, 3.8) is 0 Å². The van der Waals surface area contributed by atoms with Gasteiger partial charge in [-0.15, -0.1) is 0 Å². The lowest BCUT2D eigenvalue weighted by atomic mass is 10.1. The molecule has 0 aromatic heterocycles. The molecule has 0 spiro atoms. The minimum Gasteiger partial charge on any atom is -0.494 e. The quantitative estimate of drug-likeness (QED) is 0.876. The van der Waals surface area contributed by atoms with Gasteiger partial charge in [0.1, 0.15) is 5.75 Å². The highest BCUT2D eigenvalue weighted by Crippen LogP contribution is 2.29. The van der Waals surface area contributed by atoms with Crippen LogP contribution in [-0.2, 0) is 0 Å². The minimum absolute atomic E-state index is 0.000302. The monoisotopic (exact) mass is 264 g/mol. The molecule has 0 aliphatic carbocycles. The maximum absolute atomic E-state index is 12.0. The predicted molar refractivity (Wildman–Crippen MR) is 72.2 cm³/mol. The first-order valence-corrected chi connectivity index (χ1v) is 6.52. The van der Waals surface area contributed by atoms with E-state index < -0.39 is 0 Å². The normalized spacial score (nSPS) is 19.1. The van der Waals surface area contributed by atoms with Crippen LogP contribution < -0.4 is 4.74 Å². The molecule has 1 aliphatic heterocycles. The second-order valence-corrected chi connectivity index (χ2v) is 4.60. The van der Waals surface area contributed by atoms with Gasteiger partial charge < -0.3 is 19.6 Å².